The largest absolute Gasteiger partial charge is 1.00 e. The van der Waals surface area contributed by atoms with Crippen molar-refractivity contribution in [1.82, 2.24) is 10.6 Å². The van der Waals surface area contributed by atoms with E-state index in [0.717, 1.165) is 22.5 Å². The number of nitrogens with one attached hydrogen (secondary N) is 2. The van der Waals surface area contributed by atoms with Crippen molar-refractivity contribution in [3.63, 3.8) is 0 Å². The maximum atomic E-state index is 13.0. The van der Waals surface area contributed by atoms with Crippen LogP contribution in [-0.2, 0) is 17.9 Å². The van der Waals surface area contributed by atoms with Crippen LogP contribution >= 0.6 is 11.8 Å². The molecule has 32 heavy (non-hydrogen) atoms. The quantitative estimate of drug-likeness (QED) is 0.384. The molecular formula is C24H26LiN2O4S+. The number of amides is 1. The summed E-state index contributed by atoms with van der Waals surface area (Å²) >= 11 is 1.55. The predicted octanol–water partition coefficient (Wildman–Crippen LogP) is 1.18. The average Bonchev–Trinajstić information content (AvgIpc) is 3.30. The van der Waals surface area contributed by atoms with Gasteiger partial charge in [-0.15, -0.1) is 0 Å². The number of carbonyl (C=O) groups is 2. The van der Waals surface area contributed by atoms with Crippen molar-refractivity contribution in [3.05, 3.63) is 83.8 Å². The fourth-order valence-corrected chi connectivity index (χ4v) is 3.70. The van der Waals surface area contributed by atoms with Gasteiger partial charge in [0.05, 0.1) is 12.8 Å². The molecule has 0 radical (unpaired) electrons. The van der Waals surface area contributed by atoms with Crippen LogP contribution in [-0.4, -0.2) is 35.0 Å². The molecule has 6 nitrogen and oxygen atoms in total. The van der Waals surface area contributed by atoms with E-state index in [4.69, 9.17) is 4.42 Å². The van der Waals surface area contributed by atoms with Gasteiger partial charge in [0, 0.05) is 12.1 Å². The minimum atomic E-state index is -1.03. The molecule has 1 atom stereocenters. The van der Waals surface area contributed by atoms with Gasteiger partial charge in [0.1, 0.15) is 11.8 Å². The first-order chi connectivity index (χ1) is 15.1. The molecule has 0 saturated carbocycles. The molecule has 0 bridgehead atoms. The average molecular weight is 445 g/mol. The van der Waals surface area contributed by atoms with Gasteiger partial charge in [-0.1, -0.05) is 36.4 Å². The molecule has 0 aliphatic rings. The van der Waals surface area contributed by atoms with Gasteiger partial charge in [0.2, 0.25) is 0 Å². The number of carboxylic acid groups (broad SMARTS) is 1. The fraction of sp³-hybridized carbons (Fsp3) is 0.250. The van der Waals surface area contributed by atoms with E-state index in [1.54, 1.807) is 24.1 Å². The van der Waals surface area contributed by atoms with Gasteiger partial charge >= 0.3 is 24.8 Å². The first kappa shape index (κ1) is 25.8. The van der Waals surface area contributed by atoms with E-state index in [1.807, 2.05) is 60.9 Å². The maximum absolute atomic E-state index is 13.0. The van der Waals surface area contributed by atoms with Crippen LogP contribution < -0.4 is 29.5 Å². The summed E-state index contributed by atoms with van der Waals surface area (Å²) in [6.45, 7) is 1.21. The van der Waals surface area contributed by atoms with Crippen molar-refractivity contribution in [2.45, 2.75) is 25.6 Å². The minimum Gasteiger partial charge on any atom is -0.480 e. The summed E-state index contributed by atoms with van der Waals surface area (Å²) in [7, 11) is 0. The molecule has 1 unspecified atom stereocenters. The van der Waals surface area contributed by atoms with E-state index >= 15 is 0 Å². The monoisotopic (exact) mass is 445 g/mol. The second-order valence-electron chi connectivity index (χ2n) is 7.07. The SMILES string of the molecule is CSCCC(NC(=O)c1ccc(CNCc2ccco2)cc1-c1ccccc1)C(=O)O.[Li+]. The zero-order valence-electron chi connectivity index (χ0n) is 18.3. The number of thioether (sulfide) groups is 1. The standard InChI is InChI=1S/C24H26N2O4S.Li/c1-31-13-11-22(24(28)29)26-23(27)20-10-9-17(15-25-16-19-8-5-12-30-19)14-21(20)18-6-3-2-4-7-18;/h2-10,12,14,22,25H,11,13,15-16H2,1H3,(H,26,27)(H,28,29);/q;+1. The number of rotatable bonds is 11. The molecule has 162 valence electrons. The molecule has 3 aromatic rings. The number of benzene rings is 2. The van der Waals surface area contributed by atoms with Crippen LogP contribution in [0.1, 0.15) is 28.1 Å². The number of hydrogen-bond donors (Lipinski definition) is 3. The molecule has 0 aliphatic heterocycles. The molecule has 0 fully saturated rings. The van der Waals surface area contributed by atoms with Crippen molar-refractivity contribution >= 4 is 23.6 Å². The van der Waals surface area contributed by atoms with Crippen LogP contribution in [0, 0.1) is 0 Å². The Balaban J connectivity index is 0.00000363. The maximum Gasteiger partial charge on any atom is 1.00 e. The number of hydrogen-bond acceptors (Lipinski definition) is 5. The van der Waals surface area contributed by atoms with Crippen LogP contribution in [0.15, 0.2) is 71.3 Å². The number of furan rings is 1. The van der Waals surface area contributed by atoms with Crippen LogP contribution in [0.4, 0.5) is 0 Å². The van der Waals surface area contributed by atoms with Crippen molar-refractivity contribution < 1.29 is 38.0 Å². The van der Waals surface area contributed by atoms with Crippen LogP contribution in [0.25, 0.3) is 11.1 Å². The molecule has 0 aliphatic carbocycles. The smallest absolute Gasteiger partial charge is 0.480 e. The van der Waals surface area contributed by atoms with Crippen molar-refractivity contribution in [2.24, 2.45) is 0 Å². The van der Waals surface area contributed by atoms with Gasteiger partial charge in [0.25, 0.3) is 5.91 Å². The van der Waals surface area contributed by atoms with Gasteiger partial charge in [-0.3, -0.25) is 4.79 Å². The van der Waals surface area contributed by atoms with E-state index in [0.29, 0.717) is 30.8 Å². The fourth-order valence-electron chi connectivity index (χ4n) is 3.23. The Hall–Kier alpha value is -2.43. The number of carbonyl (C=O) groups excluding carboxylic acids is 1. The van der Waals surface area contributed by atoms with E-state index in [9.17, 15) is 14.7 Å². The Morgan fingerprint density at radius 2 is 1.84 bits per heavy atom. The summed E-state index contributed by atoms with van der Waals surface area (Å²) in [5.41, 5.74) is 3.14. The predicted molar refractivity (Wildman–Crippen MR) is 123 cm³/mol. The summed E-state index contributed by atoms with van der Waals surface area (Å²) in [4.78, 5) is 24.5. The normalized spacial score (nSPS) is 11.4. The summed E-state index contributed by atoms with van der Waals surface area (Å²) in [6.07, 6.45) is 3.92. The van der Waals surface area contributed by atoms with Crippen molar-refractivity contribution in [2.75, 3.05) is 12.0 Å². The van der Waals surface area contributed by atoms with Gasteiger partial charge in [-0.05, 0) is 59.4 Å². The summed E-state index contributed by atoms with van der Waals surface area (Å²) < 4.78 is 5.33. The molecular weight excluding hydrogens is 419 g/mol. The third-order valence-corrected chi connectivity index (χ3v) is 5.48. The van der Waals surface area contributed by atoms with E-state index < -0.39 is 12.0 Å². The Morgan fingerprint density at radius 3 is 2.50 bits per heavy atom. The number of carboxylic acids is 1. The second kappa shape index (κ2) is 13.2. The molecule has 1 aromatic heterocycles. The molecule has 1 heterocycles. The molecule has 2 aromatic carbocycles. The molecule has 0 saturated heterocycles. The van der Waals surface area contributed by atoms with Crippen molar-refractivity contribution in [3.8, 4) is 11.1 Å². The summed E-state index contributed by atoms with van der Waals surface area (Å²) in [5.74, 6) is 0.0948. The van der Waals surface area contributed by atoms with Crippen LogP contribution in [0.2, 0.25) is 0 Å². The first-order valence-corrected chi connectivity index (χ1v) is 11.4. The third-order valence-electron chi connectivity index (χ3n) is 4.84. The van der Waals surface area contributed by atoms with E-state index in [2.05, 4.69) is 10.6 Å². The van der Waals surface area contributed by atoms with Crippen molar-refractivity contribution in [1.29, 1.82) is 0 Å². The van der Waals surface area contributed by atoms with E-state index in [-0.39, 0.29) is 24.8 Å². The molecule has 3 N–H and O–H groups in total. The van der Waals surface area contributed by atoms with Gasteiger partial charge < -0.3 is 20.2 Å². The van der Waals surface area contributed by atoms with Crippen LogP contribution in [0.5, 0.6) is 0 Å². The molecule has 8 heteroatoms. The minimum absolute atomic E-state index is 0. The van der Waals surface area contributed by atoms with Crippen LogP contribution in [0.3, 0.4) is 0 Å². The molecule has 1 amide bonds. The summed E-state index contributed by atoms with van der Waals surface area (Å²) in [6, 6.07) is 18.1. The first-order valence-electron chi connectivity index (χ1n) is 10.0. The van der Waals surface area contributed by atoms with Gasteiger partial charge in [-0.25, -0.2) is 4.79 Å². The zero-order chi connectivity index (χ0) is 22.1. The Bertz CT molecular complexity index is 996. The Labute approximate surface area is 204 Å². The van der Waals surface area contributed by atoms with Gasteiger partial charge in [0.15, 0.2) is 0 Å². The van der Waals surface area contributed by atoms with Gasteiger partial charge in [-0.2, -0.15) is 11.8 Å². The number of aliphatic carboxylic acids is 1. The Kier molecular flexibility index (Phi) is 10.6. The Morgan fingerprint density at radius 1 is 1.06 bits per heavy atom. The third kappa shape index (κ3) is 7.32. The summed E-state index contributed by atoms with van der Waals surface area (Å²) in [5, 5.41) is 15.5. The molecule has 0 spiro atoms. The second-order valence-corrected chi connectivity index (χ2v) is 8.06. The van der Waals surface area contributed by atoms with E-state index in [1.165, 1.54) is 0 Å². The zero-order valence-corrected chi connectivity index (χ0v) is 19.2. The topological polar surface area (TPSA) is 91.6 Å². The molecule has 3 rings (SSSR count).